The summed E-state index contributed by atoms with van der Waals surface area (Å²) in [6.07, 6.45) is 1.79. The van der Waals surface area contributed by atoms with Crippen LogP contribution in [0.3, 0.4) is 0 Å². The Morgan fingerprint density at radius 3 is 1.96 bits per heavy atom. The van der Waals surface area contributed by atoms with Gasteiger partial charge in [-0.05, 0) is 101 Å². The molecule has 13 aromatic rings. The van der Waals surface area contributed by atoms with Crippen molar-refractivity contribution in [3.05, 3.63) is 248 Å². The largest absolute Gasteiger partial charge is 0.351 e. The second-order valence-electron chi connectivity index (χ2n) is 20.9. The first kappa shape index (κ1) is 43.4. The van der Waals surface area contributed by atoms with Gasteiger partial charge >= 0.3 is 0 Å². The van der Waals surface area contributed by atoms with E-state index in [1.54, 1.807) is 12.3 Å². The average Bonchev–Trinajstić information content (AvgIpc) is 4.01. The average molecular weight is 1170 g/mol. The molecule has 3 heterocycles. The monoisotopic (exact) mass is 1170 g/mol. The molecule has 0 amide bonds. The van der Waals surface area contributed by atoms with Gasteiger partial charge in [0.1, 0.15) is 0 Å². The molecule has 0 aliphatic rings. The SMILES string of the molecule is CC(C)(C)c1cccc(-c2ccccc2)c1-n1c(-c2[c-]cc3c(c2)c2c4ccccc4ccc2n3-c2ccccc2)nc2cc3ccccc3cc21.[2H]c1c([2H])c([2H])c(-c2cc(-c3[c-]cccc3)ncc2[Si](C)(C)C)c([2H])c1[2H].[Ir]. The molecule has 75 heavy (non-hydrogen) atoms. The van der Waals surface area contributed by atoms with E-state index in [0.29, 0.717) is 11.3 Å². The van der Waals surface area contributed by atoms with Crippen LogP contribution in [0.2, 0.25) is 19.6 Å². The molecule has 0 bridgehead atoms. The van der Waals surface area contributed by atoms with Crippen LogP contribution in [0.25, 0.3) is 111 Å². The Hall–Kier alpha value is -7.99. The van der Waals surface area contributed by atoms with Gasteiger partial charge in [0.15, 0.2) is 0 Å². The first-order valence-electron chi connectivity index (χ1n) is 27.7. The minimum Gasteiger partial charge on any atom is -0.351 e. The molecule has 367 valence electrons. The molecule has 10 aromatic carbocycles. The fraction of sp³-hybridized carbons (Fsp3) is 0.101. The van der Waals surface area contributed by atoms with E-state index in [9.17, 15) is 0 Å². The van der Waals surface area contributed by atoms with E-state index >= 15 is 0 Å². The molecular weight excluding hydrogens is 1110 g/mol. The van der Waals surface area contributed by atoms with Crippen molar-refractivity contribution < 1.29 is 27.0 Å². The summed E-state index contributed by atoms with van der Waals surface area (Å²) in [7, 11) is -1.89. The van der Waals surface area contributed by atoms with E-state index in [1.807, 2.05) is 24.3 Å². The quantitative estimate of drug-likeness (QED) is 0.118. The number of imidazole rings is 1. The van der Waals surface area contributed by atoms with Crippen LogP contribution in [0.4, 0.5) is 0 Å². The molecule has 0 N–H and O–H groups in total. The number of fused-ring (bicyclic) bond motifs is 7. The Morgan fingerprint density at radius 1 is 0.547 bits per heavy atom. The summed E-state index contributed by atoms with van der Waals surface area (Å²) < 4.78 is 45.4. The van der Waals surface area contributed by atoms with E-state index in [-0.39, 0.29) is 61.3 Å². The van der Waals surface area contributed by atoms with Crippen LogP contribution < -0.4 is 5.19 Å². The van der Waals surface area contributed by atoms with Crippen LogP contribution in [-0.2, 0) is 25.5 Å². The second-order valence-corrected chi connectivity index (χ2v) is 26.0. The normalized spacial score (nSPS) is 12.7. The molecule has 0 aliphatic carbocycles. The number of aromatic nitrogens is 4. The van der Waals surface area contributed by atoms with Crippen molar-refractivity contribution in [1.29, 1.82) is 0 Å². The Kier molecular flexibility index (Phi) is 11.6. The van der Waals surface area contributed by atoms with Gasteiger partial charge in [0.2, 0.25) is 0 Å². The maximum absolute atomic E-state index is 8.36. The third kappa shape index (κ3) is 9.25. The molecule has 0 aliphatic heterocycles. The molecule has 0 atom stereocenters. The predicted octanol–water partition coefficient (Wildman–Crippen LogP) is 17.6. The Bertz CT molecular complexity index is 4480. The summed E-state index contributed by atoms with van der Waals surface area (Å²) in [5.41, 5.74) is 13.4. The van der Waals surface area contributed by atoms with E-state index in [1.165, 1.54) is 54.5 Å². The number of rotatable bonds is 7. The molecule has 1 radical (unpaired) electrons. The van der Waals surface area contributed by atoms with Gasteiger partial charge in [-0.15, -0.1) is 59.7 Å². The van der Waals surface area contributed by atoms with E-state index in [2.05, 4.69) is 230 Å². The molecule has 0 fully saturated rings. The zero-order valence-electron chi connectivity index (χ0n) is 47.7. The molecule has 3 aromatic heterocycles. The number of benzene rings is 10. The van der Waals surface area contributed by atoms with Gasteiger partial charge in [-0.3, -0.25) is 4.98 Å². The van der Waals surface area contributed by atoms with Crippen molar-refractivity contribution in [1.82, 2.24) is 19.1 Å². The van der Waals surface area contributed by atoms with Crippen LogP contribution in [0, 0.1) is 12.1 Å². The van der Waals surface area contributed by atoms with Crippen LogP contribution in [-0.4, -0.2) is 27.2 Å². The number of pyridine rings is 1. The van der Waals surface area contributed by atoms with Gasteiger partial charge in [-0.1, -0.05) is 203 Å². The molecular formula is C69H56IrN4Si-2. The van der Waals surface area contributed by atoms with E-state index in [4.69, 9.17) is 11.8 Å². The van der Waals surface area contributed by atoms with Crippen molar-refractivity contribution in [2.45, 2.75) is 45.8 Å². The van der Waals surface area contributed by atoms with Crippen LogP contribution in [0.1, 0.15) is 33.2 Å². The smallest absolute Gasteiger partial charge is 0.0803 e. The zero-order chi connectivity index (χ0) is 54.9. The number of nitrogens with zero attached hydrogens (tertiary/aromatic N) is 4. The standard InChI is InChI=1S/C49H36N3.C20H20NSi.Ir/c1-49(2,3)41-24-14-23-39(32-15-6-4-7-16-32)47(41)52-45-31-35-19-11-10-18-34(35)30-42(45)50-48(52)36-26-27-43-40(29-36)46-38-22-13-12-17-33(38)25-28-44(46)51(43)37-20-8-5-9-21-37;1-22(2,3)20-15-21-19(17-12-8-5-9-13-17)14-18(20)16-10-6-4-7-11-16;/h4-25,27-31H,1-3H3;4-12,14-15H,1-3H3;/q2*-1;/i;4D,6D,7D,10D,11D;. The predicted molar refractivity (Wildman–Crippen MR) is 316 cm³/mol. The van der Waals surface area contributed by atoms with Crippen molar-refractivity contribution in [3.8, 4) is 56.3 Å². The Morgan fingerprint density at radius 2 is 1.24 bits per heavy atom. The van der Waals surface area contributed by atoms with Gasteiger partial charge in [0, 0.05) is 43.1 Å². The van der Waals surface area contributed by atoms with E-state index in [0.717, 1.165) is 50.1 Å². The minimum atomic E-state index is -1.89. The van der Waals surface area contributed by atoms with Gasteiger partial charge < -0.3 is 14.1 Å². The molecule has 0 spiro atoms. The summed E-state index contributed by atoms with van der Waals surface area (Å²) in [5.74, 6) is 0.877. The summed E-state index contributed by atoms with van der Waals surface area (Å²) in [6, 6.07) is 73.7. The van der Waals surface area contributed by atoms with Crippen molar-refractivity contribution in [2.75, 3.05) is 0 Å². The fourth-order valence-electron chi connectivity index (χ4n) is 10.5. The molecule has 0 saturated heterocycles. The first-order chi connectivity index (χ1) is 38.1. The van der Waals surface area contributed by atoms with Gasteiger partial charge in [-0.25, -0.2) is 0 Å². The van der Waals surface area contributed by atoms with Crippen molar-refractivity contribution in [3.63, 3.8) is 0 Å². The van der Waals surface area contributed by atoms with Gasteiger partial charge in [0.25, 0.3) is 0 Å². The third-order valence-corrected chi connectivity index (χ3v) is 16.0. The number of para-hydroxylation sites is 2. The first-order valence-corrected chi connectivity index (χ1v) is 28.7. The minimum absolute atomic E-state index is 0. The molecule has 6 heteroatoms. The maximum atomic E-state index is 8.36. The maximum Gasteiger partial charge on any atom is 0.0803 e. The molecule has 4 nitrogen and oxygen atoms in total. The van der Waals surface area contributed by atoms with E-state index < -0.39 is 8.07 Å². The van der Waals surface area contributed by atoms with Crippen molar-refractivity contribution in [2.24, 2.45) is 0 Å². The zero-order valence-corrected chi connectivity index (χ0v) is 46.1. The summed E-state index contributed by atoms with van der Waals surface area (Å²) >= 11 is 0. The van der Waals surface area contributed by atoms with Gasteiger partial charge in [-0.2, -0.15) is 0 Å². The summed E-state index contributed by atoms with van der Waals surface area (Å²) in [4.78, 5) is 10.1. The number of hydrogen-bond acceptors (Lipinski definition) is 2. The van der Waals surface area contributed by atoms with Crippen molar-refractivity contribution >= 4 is 67.6 Å². The molecule has 0 unspecified atom stereocenters. The molecule has 0 saturated carbocycles. The number of hydrogen-bond donors (Lipinski definition) is 0. The third-order valence-electron chi connectivity index (χ3n) is 14.0. The van der Waals surface area contributed by atoms with Gasteiger partial charge in [0.05, 0.1) is 37.5 Å². The summed E-state index contributed by atoms with van der Waals surface area (Å²) in [6.45, 7) is 13.4. The topological polar surface area (TPSA) is 35.6 Å². The molecule has 13 rings (SSSR count). The van der Waals surface area contributed by atoms with Crippen LogP contribution >= 0.6 is 0 Å². The Labute approximate surface area is 461 Å². The van der Waals surface area contributed by atoms with Crippen LogP contribution in [0.5, 0.6) is 0 Å². The second kappa shape index (κ2) is 20.0. The summed E-state index contributed by atoms with van der Waals surface area (Å²) in [5, 5.41) is 8.20. The fourth-order valence-corrected chi connectivity index (χ4v) is 11.9. The van der Waals surface area contributed by atoms with Crippen LogP contribution in [0.15, 0.2) is 231 Å². The Balaban J connectivity index is 0.000000204.